The molecule has 7 heteroatoms. The van der Waals surface area contributed by atoms with Crippen molar-refractivity contribution in [3.8, 4) is 22.7 Å². The van der Waals surface area contributed by atoms with Gasteiger partial charge in [-0.3, -0.25) is 4.79 Å². The minimum atomic E-state index is -0.502. The quantitative estimate of drug-likeness (QED) is 0.507. The predicted molar refractivity (Wildman–Crippen MR) is 124 cm³/mol. The number of aromatic nitrogens is 2. The third-order valence-corrected chi connectivity index (χ3v) is 5.84. The van der Waals surface area contributed by atoms with Crippen LogP contribution in [-0.2, 0) is 4.79 Å². The SMILES string of the molecule is CC(C)(C)C(=O)NC1CCCOc2c1nn(-c1ccccc1Cl)c2-c1ccc(Cl)cc1. The van der Waals surface area contributed by atoms with E-state index in [2.05, 4.69) is 5.32 Å². The smallest absolute Gasteiger partial charge is 0.225 e. The third-order valence-electron chi connectivity index (χ3n) is 5.27. The zero-order valence-corrected chi connectivity index (χ0v) is 19.3. The summed E-state index contributed by atoms with van der Waals surface area (Å²) < 4.78 is 8.00. The molecule has 4 rings (SSSR count). The first-order valence-corrected chi connectivity index (χ1v) is 11.1. The van der Waals surface area contributed by atoms with Crippen LogP contribution in [-0.4, -0.2) is 22.3 Å². The van der Waals surface area contributed by atoms with Crippen molar-refractivity contribution in [1.82, 2.24) is 15.1 Å². The number of para-hydroxylation sites is 1. The van der Waals surface area contributed by atoms with Crippen molar-refractivity contribution >= 4 is 29.1 Å². The van der Waals surface area contributed by atoms with Gasteiger partial charge >= 0.3 is 0 Å². The van der Waals surface area contributed by atoms with E-state index in [-0.39, 0.29) is 11.9 Å². The summed E-state index contributed by atoms with van der Waals surface area (Å²) in [5.74, 6) is 0.643. The van der Waals surface area contributed by atoms with Crippen LogP contribution < -0.4 is 10.1 Å². The van der Waals surface area contributed by atoms with Gasteiger partial charge in [-0.05, 0) is 37.1 Å². The molecule has 0 spiro atoms. The number of halogens is 2. The van der Waals surface area contributed by atoms with Crippen LogP contribution in [0.2, 0.25) is 10.0 Å². The average molecular weight is 458 g/mol. The monoisotopic (exact) mass is 457 g/mol. The Labute approximate surface area is 192 Å². The van der Waals surface area contributed by atoms with E-state index in [0.717, 1.165) is 29.8 Å². The highest BCUT2D eigenvalue weighted by atomic mass is 35.5. The zero-order chi connectivity index (χ0) is 22.2. The fraction of sp³-hybridized carbons (Fsp3) is 0.333. The van der Waals surface area contributed by atoms with E-state index in [4.69, 9.17) is 33.0 Å². The lowest BCUT2D eigenvalue weighted by molar-refractivity contribution is -0.129. The normalized spacial score (nSPS) is 16.2. The molecule has 1 N–H and O–H groups in total. The molecule has 1 aromatic heterocycles. The number of benzene rings is 2. The van der Waals surface area contributed by atoms with E-state index >= 15 is 0 Å². The minimum Gasteiger partial charge on any atom is -0.489 e. The number of nitrogens with one attached hydrogen (secondary N) is 1. The molecule has 3 aromatic rings. The lowest BCUT2D eigenvalue weighted by Gasteiger charge is -2.22. The standard InChI is InChI=1S/C24H25Cl2N3O2/c1-24(2,3)23(30)27-18-8-6-14-31-22-20(18)28-29(19-9-5-4-7-17(19)26)21(22)15-10-12-16(25)13-11-15/h4-5,7,9-13,18H,6,8,14H2,1-3H3,(H,27,30). The number of carbonyl (C=O) groups excluding carboxylic acids is 1. The van der Waals surface area contributed by atoms with Crippen molar-refractivity contribution in [2.45, 2.75) is 39.7 Å². The van der Waals surface area contributed by atoms with Crippen LogP contribution in [0.3, 0.4) is 0 Å². The Morgan fingerprint density at radius 3 is 2.52 bits per heavy atom. The molecule has 5 nitrogen and oxygen atoms in total. The van der Waals surface area contributed by atoms with Gasteiger partial charge in [0, 0.05) is 16.0 Å². The Hall–Kier alpha value is -2.50. The van der Waals surface area contributed by atoms with Crippen molar-refractivity contribution in [3.63, 3.8) is 0 Å². The number of fused-ring (bicyclic) bond motifs is 1. The molecule has 1 aliphatic rings. The van der Waals surface area contributed by atoms with Crippen LogP contribution in [0.5, 0.6) is 5.75 Å². The van der Waals surface area contributed by atoms with Gasteiger partial charge in [-0.25, -0.2) is 4.68 Å². The summed E-state index contributed by atoms with van der Waals surface area (Å²) in [6, 6.07) is 14.8. The van der Waals surface area contributed by atoms with E-state index < -0.39 is 5.41 Å². The lowest BCUT2D eigenvalue weighted by atomic mass is 9.94. The Balaban J connectivity index is 1.90. The summed E-state index contributed by atoms with van der Waals surface area (Å²) in [6.07, 6.45) is 1.56. The van der Waals surface area contributed by atoms with Crippen LogP contribution in [0.25, 0.3) is 16.9 Å². The summed E-state index contributed by atoms with van der Waals surface area (Å²) in [4.78, 5) is 12.8. The molecule has 0 bridgehead atoms. The maximum atomic E-state index is 12.8. The largest absolute Gasteiger partial charge is 0.489 e. The molecule has 2 heterocycles. The predicted octanol–water partition coefficient (Wildman–Crippen LogP) is 6.22. The van der Waals surface area contributed by atoms with Crippen LogP contribution in [0.4, 0.5) is 0 Å². The average Bonchev–Trinajstić information content (AvgIpc) is 2.98. The van der Waals surface area contributed by atoms with E-state index in [9.17, 15) is 4.79 Å². The Morgan fingerprint density at radius 1 is 1.13 bits per heavy atom. The fourth-order valence-electron chi connectivity index (χ4n) is 3.56. The van der Waals surface area contributed by atoms with Gasteiger partial charge in [0.2, 0.25) is 5.91 Å². The molecule has 1 atom stereocenters. The Bertz CT molecular complexity index is 1100. The molecular formula is C24H25Cl2N3O2. The lowest BCUT2D eigenvalue weighted by Crippen LogP contribution is -2.37. The second-order valence-electron chi connectivity index (χ2n) is 8.70. The van der Waals surface area contributed by atoms with Gasteiger partial charge in [0.15, 0.2) is 5.75 Å². The van der Waals surface area contributed by atoms with E-state index in [0.29, 0.717) is 28.1 Å². The topological polar surface area (TPSA) is 56.1 Å². The van der Waals surface area contributed by atoms with E-state index in [1.165, 1.54) is 0 Å². The third kappa shape index (κ3) is 4.43. The first-order chi connectivity index (χ1) is 14.8. The van der Waals surface area contributed by atoms with Gasteiger partial charge in [-0.1, -0.05) is 68.2 Å². The number of carbonyl (C=O) groups is 1. The molecule has 1 amide bonds. The minimum absolute atomic E-state index is 0.0225. The molecule has 0 fully saturated rings. The second-order valence-corrected chi connectivity index (χ2v) is 9.54. The highest BCUT2D eigenvalue weighted by molar-refractivity contribution is 6.32. The molecule has 0 radical (unpaired) electrons. The van der Waals surface area contributed by atoms with Crippen molar-refractivity contribution in [3.05, 3.63) is 64.3 Å². The molecule has 0 saturated heterocycles. The number of rotatable bonds is 3. The Morgan fingerprint density at radius 2 is 1.84 bits per heavy atom. The van der Waals surface area contributed by atoms with Crippen molar-refractivity contribution < 1.29 is 9.53 Å². The summed E-state index contributed by atoms with van der Waals surface area (Å²) in [5, 5.41) is 9.31. The van der Waals surface area contributed by atoms with Crippen LogP contribution in [0.1, 0.15) is 45.3 Å². The molecule has 0 aliphatic carbocycles. The highest BCUT2D eigenvalue weighted by Gasteiger charge is 2.33. The van der Waals surface area contributed by atoms with Gasteiger partial charge in [0.1, 0.15) is 11.4 Å². The molecule has 1 unspecified atom stereocenters. The molecule has 1 aliphatic heterocycles. The van der Waals surface area contributed by atoms with Gasteiger partial charge in [0.05, 0.1) is 23.4 Å². The van der Waals surface area contributed by atoms with Gasteiger partial charge in [-0.15, -0.1) is 0 Å². The highest BCUT2D eigenvalue weighted by Crippen LogP contribution is 2.42. The summed E-state index contributed by atoms with van der Waals surface area (Å²) in [6.45, 7) is 6.25. The maximum Gasteiger partial charge on any atom is 0.225 e. The van der Waals surface area contributed by atoms with Crippen LogP contribution >= 0.6 is 23.2 Å². The molecule has 0 saturated carbocycles. The van der Waals surface area contributed by atoms with Crippen molar-refractivity contribution in [2.75, 3.05) is 6.61 Å². The summed E-state index contributed by atoms with van der Waals surface area (Å²) in [5.41, 5.74) is 2.64. The second kappa shape index (κ2) is 8.56. The summed E-state index contributed by atoms with van der Waals surface area (Å²) >= 11 is 12.7. The number of nitrogens with zero attached hydrogens (tertiary/aromatic N) is 2. The molecule has 31 heavy (non-hydrogen) atoms. The zero-order valence-electron chi connectivity index (χ0n) is 17.8. The maximum absolute atomic E-state index is 12.8. The number of hydrogen-bond donors (Lipinski definition) is 1. The van der Waals surface area contributed by atoms with Gasteiger partial charge < -0.3 is 10.1 Å². The van der Waals surface area contributed by atoms with E-state index in [1.807, 2.05) is 69.3 Å². The Kier molecular flexibility index (Phi) is 6.00. The number of ether oxygens (including phenoxy) is 1. The number of hydrogen-bond acceptors (Lipinski definition) is 3. The van der Waals surface area contributed by atoms with Crippen molar-refractivity contribution in [2.24, 2.45) is 5.41 Å². The first-order valence-electron chi connectivity index (χ1n) is 10.3. The summed E-state index contributed by atoms with van der Waals surface area (Å²) in [7, 11) is 0. The van der Waals surface area contributed by atoms with Gasteiger partial charge in [-0.2, -0.15) is 5.10 Å². The fourth-order valence-corrected chi connectivity index (χ4v) is 3.91. The number of amides is 1. The molecular weight excluding hydrogens is 433 g/mol. The molecule has 2 aromatic carbocycles. The van der Waals surface area contributed by atoms with Gasteiger partial charge in [0.25, 0.3) is 0 Å². The van der Waals surface area contributed by atoms with Crippen LogP contribution in [0, 0.1) is 5.41 Å². The van der Waals surface area contributed by atoms with E-state index in [1.54, 1.807) is 4.68 Å². The van der Waals surface area contributed by atoms with Crippen LogP contribution in [0.15, 0.2) is 48.5 Å². The first kappa shape index (κ1) is 21.7. The molecule has 162 valence electrons. The van der Waals surface area contributed by atoms with Crippen molar-refractivity contribution in [1.29, 1.82) is 0 Å².